The smallest absolute Gasteiger partial charge is 0.0976 e. The van der Waals surface area contributed by atoms with Gasteiger partial charge in [-0.15, -0.1) is 0 Å². The normalized spacial score (nSPS) is 19.2. The molecular formula is C16H25NO. The molecule has 1 fully saturated rings. The molecule has 1 aliphatic rings. The van der Waals surface area contributed by atoms with E-state index in [0.29, 0.717) is 6.04 Å². The summed E-state index contributed by atoms with van der Waals surface area (Å²) in [6, 6.07) is 11.1. The van der Waals surface area contributed by atoms with E-state index in [1.54, 1.807) is 0 Å². The maximum absolute atomic E-state index is 5.79. The van der Waals surface area contributed by atoms with Crippen LogP contribution in [0.5, 0.6) is 0 Å². The minimum absolute atomic E-state index is 0.183. The van der Waals surface area contributed by atoms with E-state index in [4.69, 9.17) is 4.74 Å². The molecule has 1 aromatic rings. The van der Waals surface area contributed by atoms with Crippen LogP contribution < -0.4 is 5.32 Å². The van der Waals surface area contributed by atoms with E-state index in [1.165, 1.54) is 31.2 Å². The Bertz CT molecular complexity index is 334. The summed E-state index contributed by atoms with van der Waals surface area (Å²) in [6.07, 6.45) is 5.42. The molecule has 2 nitrogen and oxygen atoms in total. The van der Waals surface area contributed by atoms with Gasteiger partial charge in [0.25, 0.3) is 0 Å². The van der Waals surface area contributed by atoms with Gasteiger partial charge >= 0.3 is 0 Å². The van der Waals surface area contributed by atoms with Gasteiger partial charge in [0.15, 0.2) is 0 Å². The lowest BCUT2D eigenvalue weighted by atomic mass is 9.76. The number of hydrogen-bond acceptors (Lipinski definition) is 2. The van der Waals surface area contributed by atoms with Gasteiger partial charge in [-0.2, -0.15) is 0 Å². The highest BCUT2D eigenvalue weighted by Crippen LogP contribution is 2.36. The Morgan fingerprint density at radius 2 is 2.00 bits per heavy atom. The summed E-state index contributed by atoms with van der Waals surface area (Å²) in [6.45, 7) is 3.29. The molecule has 1 aromatic carbocycles. The quantitative estimate of drug-likeness (QED) is 0.795. The molecule has 18 heavy (non-hydrogen) atoms. The number of ether oxygens (including phenoxy) is 1. The maximum atomic E-state index is 5.79. The Balaban J connectivity index is 2.10. The highest BCUT2D eigenvalue weighted by Gasteiger charge is 2.33. The highest BCUT2D eigenvalue weighted by molar-refractivity contribution is 5.20. The molecule has 2 unspecified atom stereocenters. The zero-order chi connectivity index (χ0) is 12.8. The summed E-state index contributed by atoms with van der Waals surface area (Å²) < 4.78 is 5.79. The Kier molecular flexibility index (Phi) is 5.21. The third-order valence-corrected chi connectivity index (χ3v) is 4.00. The van der Waals surface area contributed by atoms with Crippen LogP contribution in [0, 0.1) is 5.92 Å². The second-order valence-corrected chi connectivity index (χ2v) is 5.24. The van der Waals surface area contributed by atoms with Gasteiger partial charge in [0.2, 0.25) is 0 Å². The molecule has 0 aliphatic heterocycles. The summed E-state index contributed by atoms with van der Waals surface area (Å²) in [7, 11) is 1.83. The lowest BCUT2D eigenvalue weighted by Crippen LogP contribution is -2.44. The van der Waals surface area contributed by atoms with Crippen molar-refractivity contribution in [2.45, 2.75) is 44.8 Å². The van der Waals surface area contributed by atoms with E-state index in [1.807, 2.05) is 7.11 Å². The minimum Gasteiger partial charge on any atom is -0.375 e. The van der Waals surface area contributed by atoms with Gasteiger partial charge < -0.3 is 10.1 Å². The van der Waals surface area contributed by atoms with Crippen LogP contribution in [-0.2, 0) is 4.74 Å². The molecule has 0 amide bonds. The Morgan fingerprint density at radius 1 is 1.28 bits per heavy atom. The predicted molar refractivity (Wildman–Crippen MR) is 75.6 cm³/mol. The molecule has 2 rings (SSSR count). The Morgan fingerprint density at radius 3 is 2.50 bits per heavy atom. The van der Waals surface area contributed by atoms with Crippen LogP contribution >= 0.6 is 0 Å². The predicted octanol–water partition coefficient (Wildman–Crippen LogP) is 3.54. The summed E-state index contributed by atoms with van der Waals surface area (Å²) in [5.74, 6) is 0.779. The fraction of sp³-hybridized carbons (Fsp3) is 0.625. The van der Waals surface area contributed by atoms with E-state index < -0.39 is 0 Å². The van der Waals surface area contributed by atoms with Crippen molar-refractivity contribution in [2.24, 2.45) is 5.92 Å². The minimum atomic E-state index is 0.183. The van der Waals surface area contributed by atoms with Crippen molar-refractivity contribution in [3.63, 3.8) is 0 Å². The fourth-order valence-electron chi connectivity index (χ4n) is 2.76. The topological polar surface area (TPSA) is 21.3 Å². The molecule has 0 radical (unpaired) electrons. The second kappa shape index (κ2) is 6.91. The SMILES string of the molecule is CCCNC(C1CCC1)C(OC)c1ccccc1. The zero-order valence-corrected chi connectivity index (χ0v) is 11.6. The van der Waals surface area contributed by atoms with Crippen molar-refractivity contribution in [3.8, 4) is 0 Å². The fourth-order valence-corrected chi connectivity index (χ4v) is 2.76. The molecule has 2 atom stereocenters. The number of benzene rings is 1. The molecule has 0 saturated heterocycles. The largest absolute Gasteiger partial charge is 0.375 e. The van der Waals surface area contributed by atoms with Crippen molar-refractivity contribution >= 4 is 0 Å². The standard InChI is InChI=1S/C16H25NO/c1-3-12-17-15(13-10-7-11-13)16(18-2)14-8-5-4-6-9-14/h4-6,8-9,13,15-17H,3,7,10-12H2,1-2H3. The van der Waals surface area contributed by atoms with Crippen LogP contribution in [0.25, 0.3) is 0 Å². The first-order chi connectivity index (χ1) is 8.86. The van der Waals surface area contributed by atoms with Gasteiger partial charge in [-0.25, -0.2) is 0 Å². The molecule has 0 heterocycles. The van der Waals surface area contributed by atoms with Gasteiger partial charge in [-0.05, 0) is 37.3 Å². The van der Waals surface area contributed by atoms with Gasteiger partial charge in [0.1, 0.15) is 0 Å². The second-order valence-electron chi connectivity index (χ2n) is 5.24. The van der Waals surface area contributed by atoms with E-state index >= 15 is 0 Å². The van der Waals surface area contributed by atoms with Gasteiger partial charge in [-0.1, -0.05) is 43.7 Å². The summed E-state index contributed by atoms with van der Waals surface area (Å²) in [5, 5.41) is 3.70. The van der Waals surface area contributed by atoms with Crippen molar-refractivity contribution in [1.29, 1.82) is 0 Å². The highest BCUT2D eigenvalue weighted by atomic mass is 16.5. The van der Waals surface area contributed by atoms with E-state index in [9.17, 15) is 0 Å². The third kappa shape index (κ3) is 3.12. The van der Waals surface area contributed by atoms with Crippen molar-refractivity contribution < 1.29 is 4.74 Å². The summed E-state index contributed by atoms with van der Waals surface area (Å²) in [5.41, 5.74) is 1.29. The lowest BCUT2D eigenvalue weighted by molar-refractivity contribution is 0.0287. The van der Waals surface area contributed by atoms with Gasteiger partial charge in [0, 0.05) is 13.2 Å². The molecule has 100 valence electrons. The monoisotopic (exact) mass is 247 g/mol. The third-order valence-electron chi connectivity index (χ3n) is 4.00. The average Bonchev–Trinajstić information content (AvgIpc) is 2.35. The van der Waals surface area contributed by atoms with E-state index in [-0.39, 0.29) is 6.10 Å². The molecular weight excluding hydrogens is 222 g/mol. The van der Waals surface area contributed by atoms with Gasteiger partial charge in [-0.3, -0.25) is 0 Å². The molecule has 1 aliphatic carbocycles. The van der Waals surface area contributed by atoms with Gasteiger partial charge in [0.05, 0.1) is 6.10 Å². The lowest BCUT2D eigenvalue weighted by Gasteiger charge is -2.39. The van der Waals surface area contributed by atoms with Crippen LogP contribution in [0.15, 0.2) is 30.3 Å². The number of rotatable bonds is 7. The average molecular weight is 247 g/mol. The van der Waals surface area contributed by atoms with Crippen molar-refractivity contribution in [3.05, 3.63) is 35.9 Å². The van der Waals surface area contributed by atoms with Crippen LogP contribution in [-0.4, -0.2) is 19.7 Å². The Hall–Kier alpha value is -0.860. The first kappa shape index (κ1) is 13.6. The molecule has 0 aromatic heterocycles. The number of hydrogen-bond donors (Lipinski definition) is 1. The van der Waals surface area contributed by atoms with Crippen LogP contribution in [0.4, 0.5) is 0 Å². The van der Waals surface area contributed by atoms with Crippen LogP contribution in [0.2, 0.25) is 0 Å². The molecule has 0 spiro atoms. The van der Waals surface area contributed by atoms with Crippen molar-refractivity contribution in [1.82, 2.24) is 5.32 Å². The molecule has 1 N–H and O–H groups in total. The molecule has 2 heteroatoms. The van der Waals surface area contributed by atoms with Crippen LogP contribution in [0.1, 0.15) is 44.3 Å². The first-order valence-electron chi connectivity index (χ1n) is 7.18. The summed E-state index contributed by atoms with van der Waals surface area (Å²) in [4.78, 5) is 0. The van der Waals surface area contributed by atoms with E-state index in [0.717, 1.165) is 12.5 Å². The molecule has 1 saturated carbocycles. The number of methoxy groups -OCH3 is 1. The van der Waals surface area contributed by atoms with Crippen LogP contribution in [0.3, 0.4) is 0 Å². The maximum Gasteiger partial charge on any atom is 0.0976 e. The van der Waals surface area contributed by atoms with E-state index in [2.05, 4.69) is 42.6 Å². The number of nitrogens with one attached hydrogen (secondary N) is 1. The first-order valence-corrected chi connectivity index (χ1v) is 7.18. The molecule has 0 bridgehead atoms. The van der Waals surface area contributed by atoms with Crippen molar-refractivity contribution in [2.75, 3.05) is 13.7 Å². The summed E-state index contributed by atoms with van der Waals surface area (Å²) >= 11 is 0. The zero-order valence-electron chi connectivity index (χ0n) is 11.6. The Labute approximate surface area is 111 Å².